The molecule has 4 N–H and O–H groups in total. The highest BCUT2D eigenvalue weighted by Gasteiger charge is 2.14. The van der Waals surface area contributed by atoms with Gasteiger partial charge < -0.3 is 11.1 Å². The van der Waals surface area contributed by atoms with E-state index in [1.807, 2.05) is 24.3 Å². The molecule has 20 heavy (non-hydrogen) atoms. The minimum Gasteiger partial charge on any atom is -0.355 e. The molecule has 1 rings (SSSR count). The van der Waals surface area contributed by atoms with Crippen LogP contribution in [0, 0.1) is 3.57 Å². The van der Waals surface area contributed by atoms with Crippen molar-refractivity contribution in [2.24, 2.45) is 5.73 Å². The Balaban J connectivity index is 2.34. The Kier molecular flexibility index (Phi) is 6.86. The number of hydrogen-bond donors (Lipinski definition) is 3. The van der Waals surface area contributed by atoms with Gasteiger partial charge in [0, 0.05) is 10.1 Å². The average Bonchev–Trinajstić information content (AvgIpc) is 2.36. The molecular formula is C12H17IN2O4S. The van der Waals surface area contributed by atoms with E-state index in [0.717, 1.165) is 9.13 Å². The monoisotopic (exact) mass is 412 g/mol. The summed E-state index contributed by atoms with van der Waals surface area (Å²) in [4.78, 5) is 11.7. The molecule has 0 unspecified atom stereocenters. The minimum atomic E-state index is -3.98. The van der Waals surface area contributed by atoms with Gasteiger partial charge in [-0.2, -0.15) is 8.42 Å². The molecular weight excluding hydrogens is 395 g/mol. The first-order valence-electron chi connectivity index (χ1n) is 6.01. The molecule has 0 aliphatic carbocycles. The molecule has 0 aliphatic rings. The van der Waals surface area contributed by atoms with Gasteiger partial charge in [0.25, 0.3) is 10.1 Å². The maximum Gasteiger partial charge on any atom is 0.264 e. The van der Waals surface area contributed by atoms with Crippen molar-refractivity contribution in [1.82, 2.24) is 5.32 Å². The molecule has 1 aromatic carbocycles. The highest BCUT2D eigenvalue weighted by molar-refractivity contribution is 14.1. The normalized spacial score (nSPS) is 12.9. The number of rotatable bonds is 7. The number of amides is 1. The lowest BCUT2D eigenvalue weighted by Crippen LogP contribution is -2.42. The van der Waals surface area contributed by atoms with Crippen LogP contribution in [0.5, 0.6) is 0 Å². The van der Waals surface area contributed by atoms with Gasteiger partial charge in [-0.25, -0.2) is 0 Å². The van der Waals surface area contributed by atoms with Gasteiger partial charge in [0.1, 0.15) is 0 Å². The predicted octanol–water partition coefficient (Wildman–Crippen LogP) is 0.555. The van der Waals surface area contributed by atoms with Gasteiger partial charge in [-0.05, 0) is 53.1 Å². The number of nitrogens with one attached hydrogen (secondary N) is 1. The smallest absolute Gasteiger partial charge is 0.264 e. The third-order valence-corrected chi connectivity index (χ3v) is 4.11. The van der Waals surface area contributed by atoms with Crippen LogP contribution in [-0.4, -0.2) is 37.2 Å². The molecule has 0 saturated heterocycles. The Hall–Kier alpha value is -0.710. The van der Waals surface area contributed by atoms with Crippen molar-refractivity contribution in [2.75, 3.05) is 12.3 Å². The predicted molar refractivity (Wildman–Crippen MR) is 84.9 cm³/mol. The van der Waals surface area contributed by atoms with Gasteiger partial charge in [-0.1, -0.05) is 12.1 Å². The number of nitrogens with two attached hydrogens (primary N) is 1. The van der Waals surface area contributed by atoms with Crippen molar-refractivity contribution in [3.05, 3.63) is 33.4 Å². The van der Waals surface area contributed by atoms with E-state index in [0.29, 0.717) is 6.42 Å². The lowest BCUT2D eigenvalue weighted by Gasteiger charge is -2.12. The summed E-state index contributed by atoms with van der Waals surface area (Å²) >= 11 is 2.19. The van der Waals surface area contributed by atoms with Crippen LogP contribution < -0.4 is 11.1 Å². The first kappa shape index (κ1) is 17.3. The molecule has 1 aromatic rings. The number of carbonyl (C=O) groups excluding carboxylic acids is 1. The Morgan fingerprint density at radius 3 is 2.50 bits per heavy atom. The Morgan fingerprint density at radius 2 is 1.95 bits per heavy atom. The molecule has 112 valence electrons. The molecule has 6 nitrogen and oxygen atoms in total. The summed E-state index contributed by atoms with van der Waals surface area (Å²) in [5.74, 6) is -0.710. The van der Waals surface area contributed by atoms with Crippen LogP contribution in [0.25, 0.3) is 0 Å². The third kappa shape index (κ3) is 7.17. The van der Waals surface area contributed by atoms with E-state index in [-0.39, 0.29) is 24.6 Å². The lowest BCUT2D eigenvalue weighted by atomic mass is 10.1. The van der Waals surface area contributed by atoms with Gasteiger partial charge in [-0.3, -0.25) is 9.35 Å². The molecule has 1 amide bonds. The molecule has 0 fully saturated rings. The topological polar surface area (TPSA) is 109 Å². The first-order valence-corrected chi connectivity index (χ1v) is 8.69. The molecule has 1 atom stereocenters. The fourth-order valence-electron chi connectivity index (χ4n) is 1.56. The molecule has 8 heteroatoms. The van der Waals surface area contributed by atoms with E-state index in [4.69, 9.17) is 10.3 Å². The van der Waals surface area contributed by atoms with Crippen LogP contribution in [-0.2, 0) is 21.3 Å². The lowest BCUT2D eigenvalue weighted by molar-refractivity contribution is -0.122. The first-order chi connectivity index (χ1) is 9.28. The standard InChI is InChI=1S/C12H17IN2O4S/c13-10-4-2-9(3-5-10)8-11(14)12(16)15-6-1-7-20(17,18)19/h2-5,11H,1,6-8,14H2,(H,15,16)(H,17,18,19)/t11-/m0/s1. The molecule has 0 aromatic heterocycles. The van der Waals surface area contributed by atoms with Crippen LogP contribution >= 0.6 is 22.6 Å². The maximum absolute atomic E-state index is 11.7. The summed E-state index contributed by atoms with van der Waals surface area (Å²) in [6, 6.07) is 7.01. The average molecular weight is 412 g/mol. The summed E-state index contributed by atoms with van der Waals surface area (Å²) in [6.45, 7) is 0.166. The summed E-state index contributed by atoms with van der Waals surface area (Å²) in [5.41, 5.74) is 6.74. The van der Waals surface area contributed by atoms with E-state index >= 15 is 0 Å². The zero-order valence-corrected chi connectivity index (χ0v) is 13.7. The highest BCUT2D eigenvalue weighted by Crippen LogP contribution is 2.08. The van der Waals surface area contributed by atoms with Gasteiger partial charge in [0.05, 0.1) is 11.8 Å². The Bertz CT molecular complexity index is 545. The van der Waals surface area contributed by atoms with E-state index in [1.165, 1.54) is 0 Å². The molecule has 0 aliphatic heterocycles. The van der Waals surface area contributed by atoms with Crippen LogP contribution in [0.15, 0.2) is 24.3 Å². The maximum atomic E-state index is 11.7. The van der Waals surface area contributed by atoms with Gasteiger partial charge >= 0.3 is 0 Å². The second-order valence-corrected chi connectivity index (χ2v) is 7.19. The van der Waals surface area contributed by atoms with E-state index in [2.05, 4.69) is 27.9 Å². The molecule has 0 bridgehead atoms. The zero-order chi connectivity index (χ0) is 15.2. The van der Waals surface area contributed by atoms with Gasteiger partial charge in [0.2, 0.25) is 5.91 Å². The summed E-state index contributed by atoms with van der Waals surface area (Å²) in [7, 11) is -3.98. The van der Waals surface area contributed by atoms with Gasteiger partial charge in [-0.15, -0.1) is 0 Å². The summed E-state index contributed by atoms with van der Waals surface area (Å²) in [5, 5.41) is 2.55. The van der Waals surface area contributed by atoms with E-state index < -0.39 is 16.2 Å². The van der Waals surface area contributed by atoms with E-state index in [1.54, 1.807) is 0 Å². The van der Waals surface area contributed by atoms with Gasteiger partial charge in [0.15, 0.2) is 0 Å². The molecule has 0 heterocycles. The minimum absolute atomic E-state index is 0.154. The fourth-order valence-corrected chi connectivity index (χ4v) is 2.43. The van der Waals surface area contributed by atoms with Crippen molar-refractivity contribution in [2.45, 2.75) is 18.9 Å². The molecule has 0 spiro atoms. The number of hydrogen-bond acceptors (Lipinski definition) is 4. The van der Waals surface area contributed by atoms with Crippen molar-refractivity contribution in [1.29, 1.82) is 0 Å². The van der Waals surface area contributed by atoms with Crippen LogP contribution in [0.4, 0.5) is 0 Å². The Morgan fingerprint density at radius 1 is 1.35 bits per heavy atom. The third-order valence-electron chi connectivity index (χ3n) is 2.58. The molecule has 0 radical (unpaired) electrons. The SMILES string of the molecule is N[C@@H](Cc1ccc(I)cc1)C(=O)NCCCS(=O)(=O)O. The largest absolute Gasteiger partial charge is 0.355 e. The van der Waals surface area contributed by atoms with E-state index in [9.17, 15) is 13.2 Å². The number of benzene rings is 1. The van der Waals surface area contributed by atoms with Crippen molar-refractivity contribution in [3.63, 3.8) is 0 Å². The quantitative estimate of drug-likeness (QED) is 0.345. The fraction of sp³-hybridized carbons (Fsp3) is 0.417. The summed E-state index contributed by atoms with van der Waals surface area (Å²) < 4.78 is 30.6. The van der Waals surface area contributed by atoms with Crippen molar-refractivity contribution in [3.8, 4) is 0 Å². The van der Waals surface area contributed by atoms with Crippen LogP contribution in [0.1, 0.15) is 12.0 Å². The second-order valence-electron chi connectivity index (χ2n) is 4.37. The number of halogens is 1. The Labute approximate surface area is 132 Å². The zero-order valence-electron chi connectivity index (χ0n) is 10.8. The highest BCUT2D eigenvalue weighted by atomic mass is 127. The molecule has 0 saturated carbocycles. The van der Waals surface area contributed by atoms with Crippen molar-refractivity contribution < 1.29 is 17.8 Å². The van der Waals surface area contributed by atoms with Crippen molar-refractivity contribution >= 4 is 38.6 Å². The number of carbonyl (C=O) groups is 1. The van der Waals surface area contributed by atoms with Crippen LogP contribution in [0.2, 0.25) is 0 Å². The van der Waals surface area contributed by atoms with Crippen LogP contribution in [0.3, 0.4) is 0 Å². The second kappa shape index (κ2) is 7.91. The summed E-state index contributed by atoms with van der Waals surface area (Å²) in [6.07, 6.45) is 0.571.